The van der Waals surface area contributed by atoms with Crippen molar-refractivity contribution in [1.82, 2.24) is 5.32 Å². The molecule has 0 saturated carbocycles. The predicted molar refractivity (Wildman–Crippen MR) is 91.7 cm³/mol. The highest BCUT2D eigenvalue weighted by Gasteiger charge is 2.16. The van der Waals surface area contributed by atoms with Gasteiger partial charge in [-0.15, -0.1) is 0 Å². The lowest BCUT2D eigenvalue weighted by Crippen LogP contribution is -2.39. The summed E-state index contributed by atoms with van der Waals surface area (Å²) in [5.41, 5.74) is 2.81. The van der Waals surface area contributed by atoms with Gasteiger partial charge in [0.05, 0.1) is 6.61 Å². The van der Waals surface area contributed by atoms with Gasteiger partial charge in [0.15, 0.2) is 0 Å². The molecule has 1 aromatic carbocycles. The summed E-state index contributed by atoms with van der Waals surface area (Å²) in [4.78, 5) is 0. The first-order chi connectivity index (χ1) is 10.1. The normalized spacial score (nSPS) is 14.4. The Hall–Kier alpha value is -0.860. The average Bonchev–Trinajstić information content (AvgIpc) is 2.49. The lowest BCUT2D eigenvalue weighted by atomic mass is 10.00. The van der Waals surface area contributed by atoms with Gasteiger partial charge in [-0.05, 0) is 43.7 Å². The molecule has 21 heavy (non-hydrogen) atoms. The highest BCUT2D eigenvalue weighted by molar-refractivity contribution is 5.25. The van der Waals surface area contributed by atoms with Gasteiger partial charge in [-0.25, -0.2) is 0 Å². The van der Waals surface area contributed by atoms with Gasteiger partial charge < -0.3 is 10.1 Å². The third-order valence-corrected chi connectivity index (χ3v) is 4.07. The van der Waals surface area contributed by atoms with Crippen LogP contribution in [0.5, 0.6) is 0 Å². The summed E-state index contributed by atoms with van der Waals surface area (Å²) in [6, 6.07) is 9.84. The van der Waals surface area contributed by atoms with Crippen molar-refractivity contribution in [1.29, 1.82) is 0 Å². The number of rotatable bonds is 10. The Morgan fingerprint density at radius 1 is 1.05 bits per heavy atom. The molecule has 2 nitrogen and oxygen atoms in total. The summed E-state index contributed by atoms with van der Waals surface area (Å²) in [5.74, 6) is 0.572. The molecule has 0 aliphatic heterocycles. The van der Waals surface area contributed by atoms with Crippen molar-refractivity contribution in [3.8, 4) is 0 Å². The highest BCUT2D eigenvalue weighted by atomic mass is 16.5. The Morgan fingerprint density at radius 3 is 2.24 bits per heavy atom. The Kier molecular flexibility index (Phi) is 8.63. The van der Waals surface area contributed by atoms with Gasteiger partial charge in [0.1, 0.15) is 0 Å². The molecule has 0 aromatic heterocycles. The second kappa shape index (κ2) is 9.97. The van der Waals surface area contributed by atoms with Crippen LogP contribution in [0.2, 0.25) is 0 Å². The van der Waals surface area contributed by atoms with E-state index >= 15 is 0 Å². The van der Waals surface area contributed by atoms with Gasteiger partial charge in [-0.1, -0.05) is 51.5 Å². The highest BCUT2D eigenvalue weighted by Crippen LogP contribution is 2.17. The fraction of sp³-hybridized carbons (Fsp3) is 0.684. The summed E-state index contributed by atoms with van der Waals surface area (Å²) < 4.78 is 5.59. The van der Waals surface area contributed by atoms with E-state index in [2.05, 4.69) is 64.2 Å². The number of ether oxygens (including phenoxy) is 1. The van der Waals surface area contributed by atoms with Crippen LogP contribution in [0.25, 0.3) is 0 Å². The van der Waals surface area contributed by atoms with Crippen molar-refractivity contribution < 1.29 is 4.74 Å². The number of benzene rings is 1. The minimum absolute atomic E-state index is 0.359. The van der Waals surface area contributed by atoms with Crippen LogP contribution < -0.4 is 5.32 Å². The molecule has 1 N–H and O–H groups in total. The number of hydrogen-bond donors (Lipinski definition) is 1. The van der Waals surface area contributed by atoms with E-state index in [0.717, 1.165) is 13.2 Å². The number of aryl methyl sites for hydroxylation is 1. The molecule has 0 heterocycles. The Balaban J connectivity index is 2.58. The summed E-state index contributed by atoms with van der Waals surface area (Å²) in [7, 11) is 0. The van der Waals surface area contributed by atoms with E-state index in [1.54, 1.807) is 0 Å². The zero-order valence-electron chi connectivity index (χ0n) is 14.5. The van der Waals surface area contributed by atoms with Crippen LogP contribution in [-0.4, -0.2) is 19.3 Å². The summed E-state index contributed by atoms with van der Waals surface area (Å²) in [5, 5.41) is 3.71. The summed E-state index contributed by atoms with van der Waals surface area (Å²) in [6.07, 6.45) is 3.72. The van der Waals surface area contributed by atoms with Crippen LogP contribution in [0.4, 0.5) is 0 Å². The first kappa shape index (κ1) is 18.2. The third kappa shape index (κ3) is 6.62. The van der Waals surface area contributed by atoms with E-state index in [4.69, 9.17) is 4.74 Å². The predicted octanol–water partition coefficient (Wildman–Crippen LogP) is 4.74. The van der Waals surface area contributed by atoms with Crippen molar-refractivity contribution in [2.75, 3.05) is 13.2 Å². The maximum Gasteiger partial charge on any atom is 0.0622 e. The van der Waals surface area contributed by atoms with E-state index < -0.39 is 0 Å². The molecule has 0 spiro atoms. The number of nitrogens with one attached hydrogen (secondary N) is 1. The Labute approximate surface area is 131 Å². The van der Waals surface area contributed by atoms with Gasteiger partial charge >= 0.3 is 0 Å². The molecular weight excluding hydrogens is 258 g/mol. The molecule has 1 rings (SSSR count). The Bertz CT molecular complexity index is 372. The molecule has 0 amide bonds. The lowest BCUT2D eigenvalue weighted by molar-refractivity contribution is 0.104. The quantitative estimate of drug-likeness (QED) is 0.672. The second-order valence-electron chi connectivity index (χ2n) is 6.24. The van der Waals surface area contributed by atoms with E-state index in [1.165, 1.54) is 30.4 Å². The lowest BCUT2D eigenvalue weighted by Gasteiger charge is -2.26. The van der Waals surface area contributed by atoms with E-state index in [9.17, 15) is 0 Å². The first-order valence-electron chi connectivity index (χ1n) is 8.51. The summed E-state index contributed by atoms with van der Waals surface area (Å²) in [6.45, 7) is 12.6. The molecule has 120 valence electrons. The van der Waals surface area contributed by atoms with Gasteiger partial charge in [0, 0.05) is 18.7 Å². The molecule has 0 aliphatic carbocycles. The minimum atomic E-state index is 0.359. The van der Waals surface area contributed by atoms with Crippen LogP contribution in [0, 0.1) is 5.92 Å². The molecule has 0 bridgehead atoms. The van der Waals surface area contributed by atoms with Gasteiger partial charge in [-0.3, -0.25) is 0 Å². The van der Waals surface area contributed by atoms with Crippen molar-refractivity contribution >= 4 is 0 Å². The van der Waals surface area contributed by atoms with Crippen molar-refractivity contribution in [3.63, 3.8) is 0 Å². The molecule has 2 atom stereocenters. The van der Waals surface area contributed by atoms with Crippen LogP contribution in [0.1, 0.15) is 64.6 Å². The molecule has 0 fully saturated rings. The van der Waals surface area contributed by atoms with Gasteiger partial charge in [0.25, 0.3) is 0 Å². The number of hydrogen-bond acceptors (Lipinski definition) is 2. The smallest absolute Gasteiger partial charge is 0.0622 e. The van der Waals surface area contributed by atoms with Crippen molar-refractivity contribution in [2.24, 2.45) is 5.92 Å². The maximum absolute atomic E-state index is 5.59. The van der Waals surface area contributed by atoms with Gasteiger partial charge in [-0.2, -0.15) is 0 Å². The van der Waals surface area contributed by atoms with E-state index in [0.29, 0.717) is 18.0 Å². The fourth-order valence-corrected chi connectivity index (χ4v) is 2.45. The monoisotopic (exact) mass is 291 g/mol. The van der Waals surface area contributed by atoms with Gasteiger partial charge in [0.2, 0.25) is 0 Å². The topological polar surface area (TPSA) is 21.3 Å². The molecule has 0 aliphatic rings. The zero-order chi connectivity index (χ0) is 15.7. The maximum atomic E-state index is 5.59. The zero-order valence-corrected chi connectivity index (χ0v) is 14.5. The minimum Gasteiger partial charge on any atom is -0.380 e. The van der Waals surface area contributed by atoms with E-state index in [-0.39, 0.29) is 0 Å². The largest absolute Gasteiger partial charge is 0.380 e. The average molecular weight is 291 g/mol. The second-order valence-corrected chi connectivity index (χ2v) is 6.24. The SMILES string of the molecule is CCCCc1ccc(C(C)NC(COCC)C(C)C)cc1. The fourth-order valence-electron chi connectivity index (χ4n) is 2.45. The number of unbranched alkanes of at least 4 members (excludes halogenated alkanes) is 1. The standard InChI is InChI=1S/C19H33NO/c1-6-8-9-17-10-12-18(13-11-17)16(5)20-19(15(3)4)14-21-7-2/h10-13,15-16,19-20H,6-9,14H2,1-5H3. The third-order valence-electron chi connectivity index (χ3n) is 4.07. The van der Waals surface area contributed by atoms with Crippen molar-refractivity contribution in [3.05, 3.63) is 35.4 Å². The van der Waals surface area contributed by atoms with Crippen LogP contribution >= 0.6 is 0 Å². The van der Waals surface area contributed by atoms with Crippen LogP contribution in [-0.2, 0) is 11.2 Å². The summed E-state index contributed by atoms with van der Waals surface area (Å²) >= 11 is 0. The van der Waals surface area contributed by atoms with Crippen LogP contribution in [0.15, 0.2) is 24.3 Å². The molecule has 0 radical (unpaired) electrons. The molecule has 0 saturated heterocycles. The van der Waals surface area contributed by atoms with E-state index in [1.807, 2.05) is 0 Å². The van der Waals surface area contributed by atoms with Crippen molar-refractivity contribution in [2.45, 2.75) is 66.0 Å². The first-order valence-corrected chi connectivity index (χ1v) is 8.51. The molecular formula is C19H33NO. The molecule has 2 unspecified atom stereocenters. The molecule has 2 heteroatoms. The molecule has 1 aromatic rings. The van der Waals surface area contributed by atoms with Crippen LogP contribution in [0.3, 0.4) is 0 Å². The Morgan fingerprint density at radius 2 is 1.71 bits per heavy atom.